The van der Waals surface area contributed by atoms with Crippen LogP contribution in [0.15, 0.2) is 60.7 Å². The number of hydrogen-bond acceptors (Lipinski definition) is 3. The number of carbonyl (C=O) groups excluding carboxylic acids is 1. The Bertz CT molecular complexity index is 500. The molecule has 0 aliphatic heterocycles. The van der Waals surface area contributed by atoms with E-state index in [1.165, 1.54) is 11.1 Å². The summed E-state index contributed by atoms with van der Waals surface area (Å²) in [5.74, 6) is 0. The van der Waals surface area contributed by atoms with Crippen LogP contribution in [0.1, 0.15) is 24.0 Å². The summed E-state index contributed by atoms with van der Waals surface area (Å²) in [5, 5.41) is 3.12. The van der Waals surface area contributed by atoms with Gasteiger partial charge in [-0.25, -0.2) is 0 Å². The van der Waals surface area contributed by atoms with E-state index < -0.39 is 0 Å². The lowest BCUT2D eigenvalue weighted by molar-refractivity contribution is -0.108. The fourth-order valence-corrected chi connectivity index (χ4v) is 1.95. The van der Waals surface area contributed by atoms with E-state index >= 15 is 0 Å². The Morgan fingerprint density at radius 3 is 2.13 bits per heavy atom. The fourth-order valence-electron chi connectivity index (χ4n) is 1.95. The first-order chi connectivity index (χ1) is 11.4. The van der Waals surface area contributed by atoms with Crippen molar-refractivity contribution in [2.24, 2.45) is 0 Å². The third-order valence-electron chi connectivity index (χ3n) is 3.23. The Morgan fingerprint density at radius 2 is 1.57 bits per heavy atom. The molecule has 0 aliphatic rings. The molecule has 0 spiro atoms. The molecule has 2 aromatic rings. The number of unbranched alkanes of at least 4 members (excludes halogenated alkanes) is 1. The standard InChI is InChI=1S/C11H14O2.C9H13N/c12-8-4-5-9-13-10-11-6-2-1-3-7-11;1-10-8-7-9-5-3-2-4-6-9/h1-3,6-8H,4-5,9-10H2;2-6,10H,7-8H2,1H3. The normalized spacial score (nSPS) is 9.78. The zero-order chi connectivity index (χ0) is 16.6. The summed E-state index contributed by atoms with van der Waals surface area (Å²) in [6.45, 7) is 2.36. The number of carbonyl (C=O) groups is 1. The van der Waals surface area contributed by atoms with E-state index in [0.29, 0.717) is 19.6 Å². The van der Waals surface area contributed by atoms with Crippen molar-refractivity contribution in [3.63, 3.8) is 0 Å². The van der Waals surface area contributed by atoms with Crippen molar-refractivity contribution in [2.45, 2.75) is 25.9 Å². The van der Waals surface area contributed by atoms with Gasteiger partial charge < -0.3 is 14.8 Å². The van der Waals surface area contributed by atoms with E-state index in [0.717, 1.165) is 25.7 Å². The molecule has 0 aliphatic carbocycles. The van der Waals surface area contributed by atoms with Crippen LogP contribution in [-0.4, -0.2) is 26.5 Å². The first-order valence-corrected chi connectivity index (χ1v) is 8.10. The Morgan fingerprint density at radius 1 is 0.957 bits per heavy atom. The van der Waals surface area contributed by atoms with Crippen LogP contribution < -0.4 is 5.32 Å². The minimum Gasteiger partial charge on any atom is -0.377 e. The number of rotatable bonds is 9. The van der Waals surface area contributed by atoms with Crippen LogP contribution in [0.2, 0.25) is 0 Å². The lowest BCUT2D eigenvalue weighted by Crippen LogP contribution is -2.09. The molecule has 2 rings (SSSR count). The molecule has 0 saturated heterocycles. The summed E-state index contributed by atoms with van der Waals surface area (Å²) in [4.78, 5) is 9.98. The first kappa shape index (κ1) is 19.1. The summed E-state index contributed by atoms with van der Waals surface area (Å²) in [6.07, 6.45) is 3.45. The average molecular weight is 313 g/mol. The number of ether oxygens (including phenoxy) is 1. The van der Waals surface area contributed by atoms with Crippen LogP contribution in [0.4, 0.5) is 0 Å². The highest BCUT2D eigenvalue weighted by Crippen LogP contribution is 2.01. The van der Waals surface area contributed by atoms with Gasteiger partial charge in [0.15, 0.2) is 0 Å². The number of hydrogen-bond donors (Lipinski definition) is 1. The Labute approximate surface area is 139 Å². The van der Waals surface area contributed by atoms with E-state index in [9.17, 15) is 4.79 Å². The SMILES string of the molecule is CNCCc1ccccc1.O=CCCCOCc1ccccc1. The molecule has 0 aromatic heterocycles. The molecule has 2 aromatic carbocycles. The molecule has 3 heteroatoms. The maximum absolute atomic E-state index is 9.98. The lowest BCUT2D eigenvalue weighted by atomic mass is 10.2. The van der Waals surface area contributed by atoms with Crippen LogP contribution in [-0.2, 0) is 22.6 Å². The van der Waals surface area contributed by atoms with E-state index in [2.05, 4.69) is 29.6 Å². The molecule has 0 bridgehead atoms. The smallest absolute Gasteiger partial charge is 0.120 e. The second-order valence-corrected chi connectivity index (χ2v) is 5.19. The molecule has 23 heavy (non-hydrogen) atoms. The van der Waals surface area contributed by atoms with Gasteiger partial charge in [-0.15, -0.1) is 0 Å². The number of likely N-dealkylation sites (N-methyl/N-ethyl adjacent to an activating group) is 1. The maximum Gasteiger partial charge on any atom is 0.120 e. The summed E-state index contributed by atoms with van der Waals surface area (Å²) >= 11 is 0. The quantitative estimate of drug-likeness (QED) is 0.567. The highest BCUT2D eigenvalue weighted by molar-refractivity contribution is 5.48. The first-order valence-electron chi connectivity index (χ1n) is 8.10. The average Bonchev–Trinajstić information content (AvgIpc) is 2.62. The zero-order valence-electron chi connectivity index (χ0n) is 13.9. The molecule has 124 valence electrons. The highest BCUT2D eigenvalue weighted by atomic mass is 16.5. The third kappa shape index (κ3) is 10.4. The second kappa shape index (κ2) is 13.7. The molecule has 0 fully saturated rings. The van der Waals surface area contributed by atoms with Crippen LogP contribution in [0.25, 0.3) is 0 Å². The zero-order valence-corrected chi connectivity index (χ0v) is 13.9. The van der Waals surface area contributed by atoms with Crippen molar-refractivity contribution >= 4 is 6.29 Å². The molecule has 0 amide bonds. The lowest BCUT2D eigenvalue weighted by Gasteiger charge is -2.01. The molecule has 0 heterocycles. The predicted octanol–water partition coefficient (Wildman–Crippen LogP) is 3.63. The molecule has 0 radical (unpaired) electrons. The largest absolute Gasteiger partial charge is 0.377 e. The number of nitrogens with one attached hydrogen (secondary N) is 1. The van der Waals surface area contributed by atoms with Gasteiger partial charge in [0.25, 0.3) is 0 Å². The van der Waals surface area contributed by atoms with Gasteiger partial charge >= 0.3 is 0 Å². The van der Waals surface area contributed by atoms with Crippen molar-refractivity contribution in [3.05, 3.63) is 71.8 Å². The molecule has 3 nitrogen and oxygen atoms in total. The van der Waals surface area contributed by atoms with E-state index in [4.69, 9.17) is 4.74 Å². The molecule has 0 unspecified atom stereocenters. The monoisotopic (exact) mass is 313 g/mol. The van der Waals surface area contributed by atoms with Crippen molar-refractivity contribution in [3.8, 4) is 0 Å². The fraction of sp³-hybridized carbons (Fsp3) is 0.350. The van der Waals surface area contributed by atoms with E-state index in [1.807, 2.05) is 43.4 Å². The van der Waals surface area contributed by atoms with Gasteiger partial charge in [0.1, 0.15) is 6.29 Å². The van der Waals surface area contributed by atoms with Crippen molar-refractivity contribution in [1.82, 2.24) is 5.32 Å². The maximum atomic E-state index is 9.98. The van der Waals surface area contributed by atoms with Gasteiger partial charge in [-0.05, 0) is 37.6 Å². The summed E-state index contributed by atoms with van der Waals surface area (Å²) < 4.78 is 5.36. The van der Waals surface area contributed by atoms with Crippen molar-refractivity contribution < 1.29 is 9.53 Å². The van der Waals surface area contributed by atoms with Crippen LogP contribution in [0.5, 0.6) is 0 Å². The van der Waals surface area contributed by atoms with Gasteiger partial charge in [0, 0.05) is 13.0 Å². The Kier molecular flexibility index (Phi) is 11.3. The Balaban J connectivity index is 0.000000238. The van der Waals surface area contributed by atoms with Crippen LogP contribution in [0.3, 0.4) is 0 Å². The highest BCUT2D eigenvalue weighted by Gasteiger charge is 1.91. The third-order valence-corrected chi connectivity index (χ3v) is 3.23. The van der Waals surface area contributed by atoms with Crippen molar-refractivity contribution in [2.75, 3.05) is 20.2 Å². The van der Waals surface area contributed by atoms with Gasteiger partial charge in [0.2, 0.25) is 0 Å². The van der Waals surface area contributed by atoms with Crippen LogP contribution >= 0.6 is 0 Å². The summed E-state index contributed by atoms with van der Waals surface area (Å²) in [7, 11) is 1.98. The molecule has 1 N–H and O–H groups in total. The second-order valence-electron chi connectivity index (χ2n) is 5.19. The molecular weight excluding hydrogens is 286 g/mol. The van der Waals surface area contributed by atoms with Crippen LogP contribution in [0, 0.1) is 0 Å². The minimum atomic E-state index is 0.592. The van der Waals surface area contributed by atoms with Gasteiger partial charge in [-0.1, -0.05) is 60.7 Å². The van der Waals surface area contributed by atoms with Crippen molar-refractivity contribution in [1.29, 1.82) is 0 Å². The Hall–Kier alpha value is -1.97. The van der Waals surface area contributed by atoms with Gasteiger partial charge in [-0.2, -0.15) is 0 Å². The molecular formula is C20H27NO2. The van der Waals surface area contributed by atoms with Gasteiger partial charge in [-0.3, -0.25) is 0 Å². The van der Waals surface area contributed by atoms with Gasteiger partial charge in [0.05, 0.1) is 6.61 Å². The summed E-state index contributed by atoms with van der Waals surface area (Å²) in [6, 6.07) is 20.5. The van der Waals surface area contributed by atoms with E-state index in [1.54, 1.807) is 0 Å². The minimum absolute atomic E-state index is 0.592. The predicted molar refractivity (Wildman–Crippen MR) is 95.5 cm³/mol. The topological polar surface area (TPSA) is 38.3 Å². The molecule has 0 atom stereocenters. The summed E-state index contributed by atoms with van der Waals surface area (Å²) in [5.41, 5.74) is 2.57. The number of benzene rings is 2. The molecule has 0 saturated carbocycles. The number of aldehydes is 1. The van der Waals surface area contributed by atoms with E-state index in [-0.39, 0.29) is 0 Å².